The highest BCUT2D eigenvalue weighted by Gasteiger charge is 2.18. The summed E-state index contributed by atoms with van der Waals surface area (Å²) < 4.78 is 10.0. The van der Waals surface area contributed by atoms with Crippen LogP contribution in [0.25, 0.3) is 0 Å². The van der Waals surface area contributed by atoms with Crippen LogP contribution in [0.15, 0.2) is 6.20 Å². The van der Waals surface area contributed by atoms with Gasteiger partial charge in [-0.25, -0.2) is 0 Å². The van der Waals surface area contributed by atoms with E-state index in [0.717, 1.165) is 35.1 Å². The van der Waals surface area contributed by atoms with E-state index in [4.69, 9.17) is 17.3 Å². The zero-order valence-electron chi connectivity index (χ0n) is 10.4. The first-order valence-electron chi connectivity index (χ1n) is 5.94. The second-order valence-electron chi connectivity index (χ2n) is 4.02. The van der Waals surface area contributed by atoms with Crippen LogP contribution in [-0.2, 0) is 19.4 Å². The van der Waals surface area contributed by atoms with Crippen LogP contribution in [0.1, 0.15) is 37.0 Å². The van der Waals surface area contributed by atoms with Crippen LogP contribution in [0.4, 0.5) is 0 Å². The third-order valence-corrected chi connectivity index (χ3v) is 3.79. The molecule has 0 saturated carbocycles. The average Bonchev–Trinajstić information content (AvgIpc) is 2.99. The maximum Gasteiger partial charge on any atom is 0.0914 e. The van der Waals surface area contributed by atoms with Gasteiger partial charge in [0.1, 0.15) is 0 Å². The molecule has 2 aromatic rings. The van der Waals surface area contributed by atoms with Crippen LogP contribution < -0.4 is 5.73 Å². The summed E-state index contributed by atoms with van der Waals surface area (Å²) in [5.74, 6) is 0. The number of halogens is 1. The van der Waals surface area contributed by atoms with Crippen molar-refractivity contribution in [3.63, 3.8) is 0 Å². The molecule has 0 aromatic carbocycles. The lowest BCUT2D eigenvalue weighted by Crippen LogP contribution is -2.16. The van der Waals surface area contributed by atoms with E-state index in [1.54, 1.807) is 6.20 Å². The fourth-order valence-corrected chi connectivity index (χ4v) is 2.69. The van der Waals surface area contributed by atoms with Crippen LogP contribution in [0, 0.1) is 0 Å². The molecule has 0 aliphatic rings. The van der Waals surface area contributed by atoms with Crippen molar-refractivity contribution in [2.24, 2.45) is 5.73 Å². The molecule has 0 amide bonds. The van der Waals surface area contributed by atoms with E-state index in [0.29, 0.717) is 6.42 Å². The Morgan fingerprint density at radius 1 is 1.50 bits per heavy atom. The molecular formula is C11H16ClN5S. The standard InChI is InChI=1S/C11H16ClN5S/c1-3-8-11(12)10(17(4-2)15-8)5-7(13)9-6-14-18-16-9/h6-7H,3-5,13H2,1-2H3. The highest BCUT2D eigenvalue weighted by molar-refractivity contribution is 6.99. The topological polar surface area (TPSA) is 69.6 Å². The van der Waals surface area contributed by atoms with E-state index in [1.807, 2.05) is 18.5 Å². The summed E-state index contributed by atoms with van der Waals surface area (Å²) in [6.45, 7) is 4.88. The predicted molar refractivity (Wildman–Crippen MR) is 72.8 cm³/mol. The smallest absolute Gasteiger partial charge is 0.0914 e. The quantitative estimate of drug-likeness (QED) is 0.914. The lowest BCUT2D eigenvalue weighted by molar-refractivity contribution is 0.582. The SMILES string of the molecule is CCc1nn(CC)c(CC(N)c2cnsn2)c1Cl. The third kappa shape index (κ3) is 2.55. The van der Waals surface area contributed by atoms with E-state index >= 15 is 0 Å². The Balaban J connectivity index is 2.25. The van der Waals surface area contributed by atoms with Gasteiger partial charge >= 0.3 is 0 Å². The zero-order valence-corrected chi connectivity index (χ0v) is 12.0. The van der Waals surface area contributed by atoms with Gasteiger partial charge in [-0.05, 0) is 13.3 Å². The predicted octanol–water partition coefficient (Wildman–Crippen LogP) is 2.21. The van der Waals surface area contributed by atoms with E-state index in [2.05, 4.69) is 13.8 Å². The normalized spacial score (nSPS) is 12.9. The summed E-state index contributed by atoms with van der Waals surface area (Å²) in [5.41, 5.74) is 8.83. The Hall–Kier alpha value is -0.980. The summed E-state index contributed by atoms with van der Waals surface area (Å²) in [6.07, 6.45) is 3.16. The Labute approximate surface area is 115 Å². The lowest BCUT2D eigenvalue weighted by atomic mass is 10.1. The molecule has 2 heterocycles. The number of rotatable bonds is 5. The molecule has 2 N–H and O–H groups in total. The van der Waals surface area contributed by atoms with E-state index in [1.165, 1.54) is 11.7 Å². The number of nitrogens with zero attached hydrogens (tertiary/aromatic N) is 4. The minimum atomic E-state index is -0.187. The second-order valence-corrected chi connectivity index (χ2v) is 4.95. The molecule has 0 spiro atoms. The van der Waals surface area contributed by atoms with E-state index < -0.39 is 0 Å². The van der Waals surface area contributed by atoms with Gasteiger partial charge in [0.15, 0.2) is 0 Å². The third-order valence-electron chi connectivity index (χ3n) is 2.87. The van der Waals surface area contributed by atoms with Crippen molar-refractivity contribution in [3.05, 3.63) is 28.3 Å². The first-order valence-corrected chi connectivity index (χ1v) is 7.05. The van der Waals surface area contributed by atoms with Gasteiger partial charge < -0.3 is 5.73 Å². The molecular weight excluding hydrogens is 270 g/mol. The van der Waals surface area contributed by atoms with Crippen molar-refractivity contribution in [1.29, 1.82) is 0 Å². The van der Waals surface area contributed by atoms with Gasteiger partial charge in [-0.2, -0.15) is 13.8 Å². The van der Waals surface area contributed by atoms with Crippen LogP contribution in [0.2, 0.25) is 5.02 Å². The Morgan fingerprint density at radius 2 is 2.28 bits per heavy atom. The average molecular weight is 286 g/mol. The molecule has 5 nitrogen and oxygen atoms in total. The van der Waals surface area contributed by atoms with Crippen molar-refractivity contribution in [2.45, 2.75) is 39.3 Å². The van der Waals surface area contributed by atoms with Crippen molar-refractivity contribution in [2.75, 3.05) is 0 Å². The van der Waals surface area contributed by atoms with Crippen LogP contribution >= 0.6 is 23.3 Å². The van der Waals surface area contributed by atoms with E-state index in [9.17, 15) is 0 Å². The van der Waals surface area contributed by atoms with Gasteiger partial charge in [-0.3, -0.25) is 4.68 Å². The molecule has 7 heteroatoms. The minimum Gasteiger partial charge on any atom is -0.322 e. The molecule has 1 atom stereocenters. The fourth-order valence-electron chi connectivity index (χ4n) is 1.86. The Morgan fingerprint density at radius 3 is 2.83 bits per heavy atom. The number of aromatic nitrogens is 4. The van der Waals surface area contributed by atoms with Gasteiger partial charge in [0.05, 0.1) is 46.1 Å². The molecule has 18 heavy (non-hydrogen) atoms. The zero-order chi connectivity index (χ0) is 13.1. The maximum atomic E-state index is 6.34. The van der Waals surface area contributed by atoms with Crippen LogP contribution in [0.3, 0.4) is 0 Å². The molecule has 0 bridgehead atoms. The summed E-state index contributed by atoms with van der Waals surface area (Å²) in [5, 5.41) is 5.21. The Bertz CT molecular complexity index is 508. The fraction of sp³-hybridized carbons (Fsp3) is 0.545. The molecule has 0 radical (unpaired) electrons. The van der Waals surface area contributed by atoms with Gasteiger partial charge in [0.2, 0.25) is 0 Å². The molecule has 1 unspecified atom stereocenters. The van der Waals surface area contributed by atoms with Gasteiger partial charge in [0.25, 0.3) is 0 Å². The molecule has 2 rings (SSSR count). The number of aryl methyl sites for hydroxylation is 2. The molecule has 0 saturated heterocycles. The molecule has 98 valence electrons. The minimum absolute atomic E-state index is 0.187. The summed E-state index contributed by atoms with van der Waals surface area (Å²) in [4.78, 5) is 0. The summed E-state index contributed by atoms with van der Waals surface area (Å²) in [7, 11) is 0. The van der Waals surface area contributed by atoms with Crippen molar-refractivity contribution in [3.8, 4) is 0 Å². The number of hydrogen-bond acceptors (Lipinski definition) is 5. The highest BCUT2D eigenvalue weighted by Crippen LogP contribution is 2.25. The molecule has 0 aliphatic carbocycles. The van der Waals surface area contributed by atoms with Crippen LogP contribution in [-0.4, -0.2) is 18.5 Å². The summed E-state index contributed by atoms with van der Waals surface area (Å²) >= 11 is 7.51. The van der Waals surface area contributed by atoms with Gasteiger partial charge in [-0.15, -0.1) is 0 Å². The first-order chi connectivity index (χ1) is 8.67. The first kappa shape index (κ1) is 13.5. The van der Waals surface area contributed by atoms with Gasteiger partial charge in [0, 0.05) is 13.0 Å². The number of hydrogen-bond donors (Lipinski definition) is 1. The largest absolute Gasteiger partial charge is 0.322 e. The molecule has 0 aliphatic heterocycles. The number of nitrogens with two attached hydrogens (primary N) is 1. The van der Waals surface area contributed by atoms with Gasteiger partial charge in [-0.1, -0.05) is 18.5 Å². The Kier molecular flexibility index (Phi) is 4.31. The monoisotopic (exact) mass is 285 g/mol. The second kappa shape index (κ2) is 5.77. The van der Waals surface area contributed by atoms with E-state index in [-0.39, 0.29) is 6.04 Å². The molecule has 2 aromatic heterocycles. The van der Waals surface area contributed by atoms with Crippen molar-refractivity contribution in [1.82, 2.24) is 18.5 Å². The van der Waals surface area contributed by atoms with Crippen molar-refractivity contribution < 1.29 is 0 Å². The summed E-state index contributed by atoms with van der Waals surface area (Å²) in [6, 6.07) is -0.187. The lowest BCUT2D eigenvalue weighted by Gasteiger charge is -2.10. The highest BCUT2D eigenvalue weighted by atomic mass is 35.5. The maximum absolute atomic E-state index is 6.34. The van der Waals surface area contributed by atoms with Crippen LogP contribution in [0.5, 0.6) is 0 Å². The molecule has 0 fully saturated rings. The van der Waals surface area contributed by atoms with Crippen molar-refractivity contribution >= 4 is 23.3 Å².